The van der Waals surface area contributed by atoms with Crippen LogP contribution in [0.4, 0.5) is 5.69 Å². The van der Waals surface area contributed by atoms with Gasteiger partial charge in [-0.25, -0.2) is 0 Å². The minimum atomic E-state index is 0. The molecule has 0 saturated carbocycles. The third-order valence-corrected chi connectivity index (χ3v) is 5.02. The van der Waals surface area contributed by atoms with Crippen LogP contribution in [0.5, 0.6) is 0 Å². The molecule has 1 aromatic carbocycles. The van der Waals surface area contributed by atoms with Crippen LogP contribution in [-0.2, 0) is 16.6 Å². The molecule has 0 radical (unpaired) electrons. The number of rotatable bonds is 2. The van der Waals surface area contributed by atoms with E-state index in [0.717, 1.165) is 31.7 Å². The Morgan fingerprint density at radius 2 is 2.00 bits per heavy atom. The number of nitrogens with one attached hydrogen (secondary N) is 1. The summed E-state index contributed by atoms with van der Waals surface area (Å²) in [5, 5.41) is 3.26. The highest BCUT2D eigenvalue weighted by Crippen LogP contribution is 2.34. The molecule has 1 saturated heterocycles. The van der Waals surface area contributed by atoms with Crippen LogP contribution in [0, 0.1) is 11.8 Å². The molecule has 22 heavy (non-hydrogen) atoms. The lowest BCUT2D eigenvalue weighted by Crippen LogP contribution is -2.50. The third-order valence-electron chi connectivity index (χ3n) is 5.02. The van der Waals surface area contributed by atoms with Gasteiger partial charge in [0.2, 0.25) is 5.91 Å². The summed E-state index contributed by atoms with van der Waals surface area (Å²) in [6.45, 7) is 11.6. The Balaban J connectivity index is 0.00000176. The van der Waals surface area contributed by atoms with Crippen molar-refractivity contribution in [2.45, 2.75) is 39.5 Å². The monoisotopic (exact) mass is 322 g/mol. The van der Waals surface area contributed by atoms with E-state index in [2.05, 4.69) is 51.2 Å². The second-order valence-electron chi connectivity index (χ2n) is 7.54. The first-order chi connectivity index (χ1) is 9.88. The molecule has 122 valence electrons. The summed E-state index contributed by atoms with van der Waals surface area (Å²) in [6, 6.07) is 6.62. The van der Waals surface area contributed by atoms with E-state index in [-0.39, 0.29) is 23.7 Å². The lowest BCUT2D eigenvalue weighted by Gasteiger charge is -2.34. The molecule has 1 N–H and O–H groups in total. The second-order valence-corrected chi connectivity index (χ2v) is 7.54. The minimum Gasteiger partial charge on any atom is -0.316 e. The van der Waals surface area contributed by atoms with Crippen LogP contribution >= 0.6 is 12.4 Å². The molecule has 1 fully saturated rings. The first-order valence-corrected chi connectivity index (χ1v) is 8.03. The van der Waals surface area contributed by atoms with Gasteiger partial charge >= 0.3 is 0 Å². The van der Waals surface area contributed by atoms with Gasteiger partial charge in [-0.15, -0.1) is 12.4 Å². The van der Waals surface area contributed by atoms with Gasteiger partial charge in [0.25, 0.3) is 0 Å². The lowest BCUT2D eigenvalue weighted by atomic mass is 9.85. The van der Waals surface area contributed by atoms with Crippen molar-refractivity contribution < 1.29 is 4.79 Å². The van der Waals surface area contributed by atoms with Crippen LogP contribution in [-0.4, -0.2) is 25.5 Å². The first kappa shape index (κ1) is 17.3. The topological polar surface area (TPSA) is 32.3 Å². The maximum atomic E-state index is 12.7. The van der Waals surface area contributed by atoms with E-state index in [0.29, 0.717) is 11.8 Å². The molecule has 0 aliphatic carbocycles. The van der Waals surface area contributed by atoms with Gasteiger partial charge < -0.3 is 10.2 Å². The zero-order valence-electron chi connectivity index (χ0n) is 14.0. The predicted molar refractivity (Wildman–Crippen MR) is 94.0 cm³/mol. The molecule has 0 spiro atoms. The third kappa shape index (κ3) is 3.02. The molecule has 1 atom stereocenters. The number of hydrogen-bond donors (Lipinski definition) is 1. The predicted octanol–water partition coefficient (Wildman–Crippen LogP) is 3.15. The van der Waals surface area contributed by atoms with Gasteiger partial charge in [0.05, 0.1) is 0 Å². The number of hydrogen-bond acceptors (Lipinski definition) is 2. The van der Waals surface area contributed by atoms with Crippen LogP contribution in [0.25, 0.3) is 0 Å². The van der Waals surface area contributed by atoms with Gasteiger partial charge in [-0.3, -0.25) is 4.79 Å². The molecule has 4 heteroatoms. The fourth-order valence-corrected chi connectivity index (χ4v) is 3.21. The SMILES string of the molecule is CC(C(=O)N1CCc2cc(C(C)(C)C)ccc21)C1CNC1.Cl. The van der Waals surface area contributed by atoms with E-state index in [1.165, 1.54) is 11.1 Å². The zero-order valence-corrected chi connectivity index (χ0v) is 14.8. The number of anilines is 1. The van der Waals surface area contributed by atoms with Gasteiger partial charge in [0.15, 0.2) is 0 Å². The molecule has 3 nitrogen and oxygen atoms in total. The molecule has 1 amide bonds. The van der Waals surface area contributed by atoms with Gasteiger partial charge in [-0.2, -0.15) is 0 Å². The molecule has 2 aliphatic rings. The maximum Gasteiger partial charge on any atom is 0.230 e. The molecule has 3 rings (SSSR count). The summed E-state index contributed by atoms with van der Waals surface area (Å²) in [7, 11) is 0. The Bertz CT molecular complexity index is 561. The van der Waals surface area contributed by atoms with Gasteiger partial charge in [-0.1, -0.05) is 39.8 Å². The van der Waals surface area contributed by atoms with Crippen molar-refractivity contribution >= 4 is 24.0 Å². The van der Waals surface area contributed by atoms with E-state index in [4.69, 9.17) is 0 Å². The summed E-state index contributed by atoms with van der Waals surface area (Å²) in [6.07, 6.45) is 0.987. The second kappa shape index (κ2) is 6.21. The van der Waals surface area contributed by atoms with E-state index in [9.17, 15) is 4.79 Å². The standard InChI is InChI=1S/C18H26N2O.ClH/c1-12(14-10-19-11-14)17(21)20-8-7-13-9-15(18(2,3)4)5-6-16(13)20;/h5-6,9,12,14,19H,7-8,10-11H2,1-4H3;1H. The molecule has 2 heterocycles. The number of benzene rings is 1. The van der Waals surface area contributed by atoms with Gasteiger partial charge in [-0.05, 0) is 48.0 Å². The lowest BCUT2D eigenvalue weighted by molar-refractivity contribution is -0.123. The van der Waals surface area contributed by atoms with Crippen molar-refractivity contribution in [1.29, 1.82) is 0 Å². The first-order valence-electron chi connectivity index (χ1n) is 8.03. The summed E-state index contributed by atoms with van der Waals surface area (Å²) in [4.78, 5) is 14.7. The fraction of sp³-hybridized carbons (Fsp3) is 0.611. The minimum absolute atomic E-state index is 0. The molecule has 1 unspecified atom stereocenters. The highest BCUT2D eigenvalue weighted by molar-refractivity contribution is 5.97. The van der Waals surface area contributed by atoms with Crippen molar-refractivity contribution in [3.63, 3.8) is 0 Å². The average Bonchev–Trinajstić information content (AvgIpc) is 2.77. The molecule has 0 bridgehead atoms. The van der Waals surface area contributed by atoms with Crippen LogP contribution in [0.15, 0.2) is 18.2 Å². The van der Waals surface area contributed by atoms with Gasteiger partial charge in [0.1, 0.15) is 0 Å². The highest BCUT2D eigenvalue weighted by atomic mass is 35.5. The van der Waals surface area contributed by atoms with Gasteiger partial charge in [0, 0.05) is 18.2 Å². The quantitative estimate of drug-likeness (QED) is 0.907. The number of nitrogens with zero attached hydrogens (tertiary/aromatic N) is 1. The van der Waals surface area contributed by atoms with Crippen molar-refractivity contribution in [3.8, 4) is 0 Å². The van der Waals surface area contributed by atoms with Crippen LogP contribution in [0.2, 0.25) is 0 Å². The number of fused-ring (bicyclic) bond motifs is 1. The van der Waals surface area contributed by atoms with E-state index in [1.54, 1.807) is 0 Å². The van der Waals surface area contributed by atoms with Crippen molar-refractivity contribution in [1.82, 2.24) is 5.32 Å². The molecule has 2 aliphatic heterocycles. The van der Waals surface area contributed by atoms with E-state index in [1.807, 2.05) is 4.90 Å². The summed E-state index contributed by atoms with van der Waals surface area (Å²) >= 11 is 0. The molecule has 0 aromatic heterocycles. The Morgan fingerprint density at radius 1 is 1.32 bits per heavy atom. The van der Waals surface area contributed by atoms with Crippen molar-refractivity contribution in [2.75, 3.05) is 24.5 Å². The number of amides is 1. The number of carbonyl (C=O) groups excluding carboxylic acids is 1. The fourth-order valence-electron chi connectivity index (χ4n) is 3.21. The molecular weight excluding hydrogens is 296 g/mol. The van der Waals surface area contributed by atoms with E-state index < -0.39 is 0 Å². The van der Waals surface area contributed by atoms with Crippen LogP contribution in [0.3, 0.4) is 0 Å². The number of halogens is 1. The maximum absolute atomic E-state index is 12.7. The Kier molecular flexibility index (Phi) is 4.88. The molecule has 1 aromatic rings. The summed E-state index contributed by atoms with van der Waals surface area (Å²) in [5.41, 5.74) is 3.98. The summed E-state index contributed by atoms with van der Waals surface area (Å²) in [5.74, 6) is 0.929. The average molecular weight is 323 g/mol. The smallest absolute Gasteiger partial charge is 0.230 e. The zero-order chi connectivity index (χ0) is 15.2. The van der Waals surface area contributed by atoms with Crippen LogP contribution in [0.1, 0.15) is 38.8 Å². The summed E-state index contributed by atoms with van der Waals surface area (Å²) < 4.78 is 0. The Morgan fingerprint density at radius 3 is 2.55 bits per heavy atom. The van der Waals surface area contributed by atoms with Crippen LogP contribution < -0.4 is 10.2 Å². The van der Waals surface area contributed by atoms with Crippen molar-refractivity contribution in [3.05, 3.63) is 29.3 Å². The number of carbonyl (C=O) groups is 1. The Labute approximate surface area is 139 Å². The highest BCUT2D eigenvalue weighted by Gasteiger charge is 2.34. The normalized spacial score (nSPS) is 19.2. The Hall–Kier alpha value is -1.06. The largest absolute Gasteiger partial charge is 0.316 e. The van der Waals surface area contributed by atoms with Crippen molar-refractivity contribution in [2.24, 2.45) is 11.8 Å². The van der Waals surface area contributed by atoms with E-state index >= 15 is 0 Å². The molecular formula is C18H27ClN2O.